The van der Waals surface area contributed by atoms with Crippen LogP contribution in [0.2, 0.25) is 0 Å². The molecule has 2 heteroatoms. The van der Waals surface area contributed by atoms with E-state index >= 15 is 0 Å². The minimum Gasteiger partial charge on any atom is -0.494 e. The number of benzene rings is 1. The smallest absolute Gasteiger partial charge is 0.119 e. The lowest BCUT2D eigenvalue weighted by Gasteiger charge is -2.38. The van der Waals surface area contributed by atoms with Crippen molar-refractivity contribution in [3.63, 3.8) is 0 Å². The highest BCUT2D eigenvalue weighted by Crippen LogP contribution is 2.39. The summed E-state index contributed by atoms with van der Waals surface area (Å²) in [6.07, 6.45) is 5.27. The molecule has 0 atom stereocenters. The van der Waals surface area contributed by atoms with Gasteiger partial charge in [-0.15, -0.1) is 0 Å². The molecule has 94 valence electrons. The first kappa shape index (κ1) is 12.4. The summed E-state index contributed by atoms with van der Waals surface area (Å²) in [4.78, 5) is 0. The van der Waals surface area contributed by atoms with Gasteiger partial charge in [0.1, 0.15) is 5.75 Å². The Labute approximate surface area is 104 Å². The quantitative estimate of drug-likeness (QED) is 0.730. The van der Waals surface area contributed by atoms with Crippen LogP contribution in [0.15, 0.2) is 30.3 Å². The molecule has 0 bridgehead atoms. The maximum atomic E-state index is 5.64. The van der Waals surface area contributed by atoms with Crippen LogP contribution >= 0.6 is 0 Å². The fourth-order valence-corrected chi connectivity index (χ4v) is 2.25. The summed E-state index contributed by atoms with van der Waals surface area (Å²) in [5, 5.41) is 3.53. The molecule has 0 spiro atoms. The third-order valence-corrected chi connectivity index (χ3v) is 3.62. The Morgan fingerprint density at radius 1 is 1.24 bits per heavy atom. The number of hydrogen-bond acceptors (Lipinski definition) is 2. The topological polar surface area (TPSA) is 21.3 Å². The van der Waals surface area contributed by atoms with E-state index in [0.29, 0.717) is 5.41 Å². The van der Waals surface area contributed by atoms with E-state index in [4.69, 9.17) is 4.74 Å². The van der Waals surface area contributed by atoms with Gasteiger partial charge in [-0.2, -0.15) is 0 Å². The van der Waals surface area contributed by atoms with Crippen LogP contribution in [-0.4, -0.2) is 19.7 Å². The molecule has 17 heavy (non-hydrogen) atoms. The van der Waals surface area contributed by atoms with Gasteiger partial charge in [-0.1, -0.05) is 31.5 Å². The fourth-order valence-electron chi connectivity index (χ4n) is 2.25. The third kappa shape index (κ3) is 4.04. The lowest BCUT2D eigenvalue weighted by Crippen LogP contribution is -2.37. The summed E-state index contributed by atoms with van der Waals surface area (Å²) in [6.45, 7) is 5.40. The SMILES string of the molecule is CC1(CNCCCOc2ccccc2)CCC1. The largest absolute Gasteiger partial charge is 0.494 e. The van der Waals surface area contributed by atoms with Crippen molar-refractivity contribution in [2.24, 2.45) is 5.41 Å². The van der Waals surface area contributed by atoms with E-state index in [1.165, 1.54) is 25.8 Å². The molecule has 1 aliphatic rings. The molecule has 0 heterocycles. The second-order valence-electron chi connectivity index (χ2n) is 5.36. The van der Waals surface area contributed by atoms with Crippen LogP contribution in [-0.2, 0) is 0 Å². The van der Waals surface area contributed by atoms with Gasteiger partial charge in [-0.3, -0.25) is 0 Å². The molecule has 0 aromatic heterocycles. The van der Waals surface area contributed by atoms with Crippen molar-refractivity contribution in [1.82, 2.24) is 5.32 Å². The van der Waals surface area contributed by atoms with Gasteiger partial charge in [-0.05, 0) is 43.4 Å². The first-order valence-electron chi connectivity index (χ1n) is 6.67. The van der Waals surface area contributed by atoms with Crippen LogP contribution < -0.4 is 10.1 Å². The van der Waals surface area contributed by atoms with E-state index in [9.17, 15) is 0 Å². The predicted octanol–water partition coefficient (Wildman–Crippen LogP) is 3.24. The van der Waals surface area contributed by atoms with Gasteiger partial charge >= 0.3 is 0 Å². The second-order valence-corrected chi connectivity index (χ2v) is 5.36. The minimum absolute atomic E-state index is 0.584. The molecule has 1 N–H and O–H groups in total. The van der Waals surface area contributed by atoms with Crippen molar-refractivity contribution < 1.29 is 4.74 Å². The van der Waals surface area contributed by atoms with E-state index in [1.54, 1.807) is 0 Å². The minimum atomic E-state index is 0.584. The molecule has 2 rings (SSSR count). The number of para-hydroxylation sites is 1. The normalized spacial score (nSPS) is 17.5. The van der Waals surface area contributed by atoms with Crippen LogP contribution in [0.1, 0.15) is 32.6 Å². The van der Waals surface area contributed by atoms with Gasteiger partial charge in [0.15, 0.2) is 0 Å². The number of rotatable bonds is 7. The highest BCUT2D eigenvalue weighted by molar-refractivity contribution is 5.20. The molecule has 0 radical (unpaired) electrons. The van der Waals surface area contributed by atoms with Crippen LogP contribution in [0.5, 0.6) is 5.75 Å². The number of hydrogen-bond donors (Lipinski definition) is 1. The van der Waals surface area contributed by atoms with Gasteiger partial charge in [0.2, 0.25) is 0 Å². The van der Waals surface area contributed by atoms with Crippen LogP contribution in [0.4, 0.5) is 0 Å². The number of nitrogens with one attached hydrogen (secondary N) is 1. The zero-order valence-corrected chi connectivity index (χ0v) is 10.7. The molecular weight excluding hydrogens is 210 g/mol. The van der Waals surface area contributed by atoms with Crippen LogP contribution in [0, 0.1) is 5.41 Å². The van der Waals surface area contributed by atoms with E-state index in [2.05, 4.69) is 12.2 Å². The van der Waals surface area contributed by atoms with Crippen LogP contribution in [0.25, 0.3) is 0 Å². The molecule has 1 aliphatic carbocycles. The number of ether oxygens (including phenoxy) is 1. The Kier molecular flexibility index (Phi) is 4.43. The zero-order chi connectivity index (χ0) is 12.0. The average Bonchev–Trinajstić information content (AvgIpc) is 2.33. The van der Waals surface area contributed by atoms with Gasteiger partial charge in [0, 0.05) is 6.54 Å². The van der Waals surface area contributed by atoms with E-state index in [0.717, 1.165) is 25.3 Å². The van der Waals surface area contributed by atoms with Gasteiger partial charge in [0.05, 0.1) is 6.61 Å². The van der Waals surface area contributed by atoms with Crippen molar-refractivity contribution >= 4 is 0 Å². The average molecular weight is 233 g/mol. The summed E-state index contributed by atoms with van der Waals surface area (Å²) in [5.74, 6) is 0.971. The van der Waals surface area contributed by atoms with Gasteiger partial charge in [0.25, 0.3) is 0 Å². The molecule has 1 fully saturated rings. The van der Waals surface area contributed by atoms with Gasteiger partial charge in [-0.25, -0.2) is 0 Å². The first-order chi connectivity index (χ1) is 8.29. The van der Waals surface area contributed by atoms with E-state index in [-0.39, 0.29) is 0 Å². The maximum absolute atomic E-state index is 5.64. The van der Waals surface area contributed by atoms with Crippen LogP contribution in [0.3, 0.4) is 0 Å². The van der Waals surface area contributed by atoms with Crippen molar-refractivity contribution in [1.29, 1.82) is 0 Å². The van der Waals surface area contributed by atoms with Crippen molar-refractivity contribution in [2.45, 2.75) is 32.6 Å². The van der Waals surface area contributed by atoms with E-state index in [1.807, 2.05) is 30.3 Å². The third-order valence-electron chi connectivity index (χ3n) is 3.62. The Morgan fingerprint density at radius 2 is 2.00 bits per heavy atom. The Balaban J connectivity index is 1.49. The molecule has 0 amide bonds. The molecule has 0 unspecified atom stereocenters. The predicted molar refractivity (Wildman–Crippen MR) is 71.4 cm³/mol. The van der Waals surface area contributed by atoms with Crippen molar-refractivity contribution in [2.75, 3.05) is 19.7 Å². The lowest BCUT2D eigenvalue weighted by atomic mass is 9.70. The second kappa shape index (κ2) is 6.06. The zero-order valence-electron chi connectivity index (χ0n) is 10.7. The summed E-state index contributed by atoms with van der Waals surface area (Å²) in [5.41, 5.74) is 0.584. The van der Waals surface area contributed by atoms with E-state index < -0.39 is 0 Å². The van der Waals surface area contributed by atoms with Gasteiger partial charge < -0.3 is 10.1 Å². The summed E-state index contributed by atoms with van der Waals surface area (Å²) in [7, 11) is 0. The Hall–Kier alpha value is -1.02. The molecular formula is C15H23NO. The summed E-state index contributed by atoms with van der Waals surface area (Å²) < 4.78 is 5.64. The summed E-state index contributed by atoms with van der Waals surface area (Å²) >= 11 is 0. The highest BCUT2D eigenvalue weighted by Gasteiger charge is 2.30. The molecule has 1 saturated carbocycles. The molecule has 2 nitrogen and oxygen atoms in total. The fraction of sp³-hybridized carbons (Fsp3) is 0.600. The first-order valence-corrected chi connectivity index (χ1v) is 6.67. The molecule has 1 aromatic carbocycles. The summed E-state index contributed by atoms with van der Waals surface area (Å²) in [6, 6.07) is 10.0. The molecule has 0 aliphatic heterocycles. The highest BCUT2D eigenvalue weighted by atomic mass is 16.5. The molecule has 1 aromatic rings. The Bertz CT molecular complexity index is 319. The molecule has 0 saturated heterocycles. The van der Waals surface area contributed by atoms with Crippen molar-refractivity contribution in [3.05, 3.63) is 30.3 Å². The lowest BCUT2D eigenvalue weighted by molar-refractivity contribution is 0.156. The Morgan fingerprint density at radius 3 is 2.65 bits per heavy atom. The monoisotopic (exact) mass is 233 g/mol. The van der Waals surface area contributed by atoms with Crippen molar-refractivity contribution in [3.8, 4) is 5.75 Å². The maximum Gasteiger partial charge on any atom is 0.119 e. The standard InChI is InChI=1S/C15H23NO/c1-15(9-5-10-15)13-16-11-6-12-17-14-7-3-2-4-8-14/h2-4,7-8,16H,5-6,9-13H2,1H3.